The van der Waals surface area contributed by atoms with Gasteiger partial charge in [-0.15, -0.1) is 0 Å². The van der Waals surface area contributed by atoms with Crippen molar-refractivity contribution in [1.29, 1.82) is 0 Å². The van der Waals surface area contributed by atoms with Gasteiger partial charge in [0.2, 0.25) is 17.7 Å². The highest BCUT2D eigenvalue weighted by Gasteiger charge is 2.30. The maximum Gasteiger partial charge on any atom is 0.326 e. The average molecular weight is 404 g/mol. The van der Waals surface area contributed by atoms with Gasteiger partial charge in [0.05, 0.1) is 25.1 Å². The Labute approximate surface area is 161 Å². The average Bonchev–Trinajstić information content (AvgIpc) is 2.55. The second-order valence-electron chi connectivity index (χ2n) is 6.74. The zero-order valence-electron chi connectivity index (χ0n) is 16.0. The van der Waals surface area contributed by atoms with Crippen LogP contribution in [0, 0.1) is 5.92 Å². The van der Waals surface area contributed by atoms with Crippen molar-refractivity contribution in [3.05, 3.63) is 0 Å². The van der Waals surface area contributed by atoms with Crippen molar-refractivity contribution in [2.24, 2.45) is 11.7 Å². The maximum atomic E-state index is 12.3. The normalized spacial score (nSPS) is 15.1. The van der Waals surface area contributed by atoms with Gasteiger partial charge in [-0.1, -0.05) is 13.8 Å². The van der Waals surface area contributed by atoms with Crippen LogP contribution in [0.2, 0.25) is 0 Å². The first-order chi connectivity index (χ1) is 12.8. The molecule has 0 aromatic heterocycles. The Morgan fingerprint density at radius 1 is 0.964 bits per heavy atom. The van der Waals surface area contributed by atoms with Gasteiger partial charge in [-0.05, 0) is 19.3 Å². The van der Waals surface area contributed by atoms with Gasteiger partial charge in [0.1, 0.15) is 12.1 Å². The largest absolute Gasteiger partial charge is 0.481 e. The first kappa shape index (κ1) is 25.3. The van der Waals surface area contributed by atoms with Crippen LogP contribution in [0.1, 0.15) is 33.6 Å². The van der Waals surface area contributed by atoms with Gasteiger partial charge in [0.25, 0.3) is 0 Å². The Bertz CT molecular complexity index is 593. The lowest BCUT2D eigenvalue weighted by atomic mass is 10.0. The summed E-state index contributed by atoms with van der Waals surface area (Å²) in [7, 11) is 0. The van der Waals surface area contributed by atoms with Gasteiger partial charge in [-0.2, -0.15) is 0 Å². The summed E-state index contributed by atoms with van der Waals surface area (Å²) in [6.07, 6.45) is -1.82. The molecule has 0 rings (SSSR count). The highest BCUT2D eigenvalue weighted by Crippen LogP contribution is 2.06. The molecule has 12 nitrogen and oxygen atoms in total. The summed E-state index contributed by atoms with van der Waals surface area (Å²) in [5, 5.41) is 34.0. The molecule has 0 heterocycles. The second-order valence-corrected chi connectivity index (χ2v) is 6.74. The summed E-state index contributed by atoms with van der Waals surface area (Å²) < 4.78 is 0. The van der Waals surface area contributed by atoms with E-state index < -0.39 is 66.9 Å². The molecular weight excluding hydrogens is 376 g/mol. The minimum Gasteiger partial charge on any atom is -0.481 e. The number of hydrogen-bond donors (Lipinski definition) is 7. The van der Waals surface area contributed by atoms with Crippen LogP contribution in [-0.2, 0) is 24.0 Å². The SMILES string of the molecule is CC(C)CC(NC(=O)C(NC(=O)CNC(=O)C(N)CC(=O)O)C(C)O)C(=O)O. The summed E-state index contributed by atoms with van der Waals surface area (Å²) in [5.41, 5.74) is 5.34. The zero-order chi connectivity index (χ0) is 22.0. The van der Waals surface area contributed by atoms with Gasteiger partial charge >= 0.3 is 11.9 Å². The molecule has 12 heteroatoms. The summed E-state index contributed by atoms with van der Waals surface area (Å²) in [6, 6.07) is -4.00. The molecule has 0 aromatic rings. The van der Waals surface area contributed by atoms with Gasteiger partial charge < -0.3 is 37.0 Å². The van der Waals surface area contributed by atoms with Gasteiger partial charge in [-0.25, -0.2) is 4.79 Å². The number of carboxylic acids is 2. The van der Waals surface area contributed by atoms with Crippen molar-refractivity contribution in [2.75, 3.05) is 6.54 Å². The first-order valence-electron chi connectivity index (χ1n) is 8.60. The summed E-state index contributed by atoms with van der Waals surface area (Å²) >= 11 is 0. The Balaban J connectivity index is 4.81. The van der Waals surface area contributed by atoms with E-state index in [1.165, 1.54) is 6.92 Å². The number of hydrogen-bond acceptors (Lipinski definition) is 7. The zero-order valence-corrected chi connectivity index (χ0v) is 16.0. The number of aliphatic hydroxyl groups excluding tert-OH is 1. The molecule has 0 bridgehead atoms. The number of nitrogens with two attached hydrogens (primary N) is 1. The number of carboxylic acid groups (broad SMARTS) is 2. The number of nitrogens with one attached hydrogen (secondary N) is 3. The van der Waals surface area contributed by atoms with E-state index in [0.717, 1.165) is 0 Å². The van der Waals surface area contributed by atoms with E-state index in [9.17, 15) is 29.1 Å². The minimum absolute atomic E-state index is 0.0220. The predicted octanol–water partition coefficient (Wildman–Crippen LogP) is -2.61. The summed E-state index contributed by atoms with van der Waals surface area (Å²) in [5.74, 6) is -5.19. The van der Waals surface area contributed by atoms with Crippen LogP contribution >= 0.6 is 0 Å². The molecule has 8 N–H and O–H groups in total. The van der Waals surface area contributed by atoms with Crippen LogP contribution in [0.5, 0.6) is 0 Å². The quantitative estimate of drug-likeness (QED) is 0.181. The number of rotatable bonds is 12. The highest BCUT2D eigenvalue weighted by molar-refractivity contribution is 5.93. The standard InChI is InChI=1S/C16H28N4O8/c1-7(2)4-10(16(27)28)19-15(26)13(8(3)21)20-11(22)6-18-14(25)9(17)5-12(23)24/h7-10,13,21H,4-6,17H2,1-3H3,(H,18,25)(H,19,26)(H,20,22)(H,23,24)(H,27,28). The Kier molecular flexibility index (Phi) is 10.7. The monoisotopic (exact) mass is 404 g/mol. The van der Waals surface area contributed by atoms with Crippen LogP contribution in [0.15, 0.2) is 0 Å². The van der Waals surface area contributed by atoms with E-state index in [1.54, 1.807) is 13.8 Å². The van der Waals surface area contributed by atoms with Crippen molar-refractivity contribution in [3.63, 3.8) is 0 Å². The fourth-order valence-electron chi connectivity index (χ4n) is 2.16. The van der Waals surface area contributed by atoms with Crippen LogP contribution < -0.4 is 21.7 Å². The molecule has 28 heavy (non-hydrogen) atoms. The molecule has 0 aliphatic carbocycles. The van der Waals surface area contributed by atoms with Crippen LogP contribution in [-0.4, -0.2) is 75.8 Å². The fraction of sp³-hybridized carbons (Fsp3) is 0.688. The van der Waals surface area contributed by atoms with Gasteiger partial charge in [-0.3, -0.25) is 19.2 Å². The molecule has 0 saturated heterocycles. The number of carbonyl (C=O) groups excluding carboxylic acids is 3. The van der Waals surface area contributed by atoms with Crippen molar-refractivity contribution in [3.8, 4) is 0 Å². The topological polar surface area (TPSA) is 208 Å². The van der Waals surface area contributed by atoms with Crippen molar-refractivity contribution < 1.29 is 39.3 Å². The molecule has 160 valence electrons. The molecule has 0 aliphatic heterocycles. The Morgan fingerprint density at radius 3 is 1.96 bits per heavy atom. The maximum absolute atomic E-state index is 12.3. The third-order valence-corrected chi connectivity index (χ3v) is 3.56. The minimum atomic E-state index is -1.45. The lowest BCUT2D eigenvalue weighted by molar-refractivity contribution is -0.143. The van der Waals surface area contributed by atoms with E-state index in [4.69, 9.17) is 15.9 Å². The van der Waals surface area contributed by atoms with E-state index in [0.29, 0.717) is 0 Å². The van der Waals surface area contributed by atoms with Gasteiger partial charge in [0.15, 0.2) is 0 Å². The van der Waals surface area contributed by atoms with E-state index >= 15 is 0 Å². The number of carbonyl (C=O) groups is 5. The lowest BCUT2D eigenvalue weighted by Gasteiger charge is -2.24. The molecule has 4 atom stereocenters. The van der Waals surface area contributed by atoms with Crippen molar-refractivity contribution >= 4 is 29.7 Å². The van der Waals surface area contributed by atoms with Crippen LogP contribution in [0.3, 0.4) is 0 Å². The van der Waals surface area contributed by atoms with Crippen LogP contribution in [0.4, 0.5) is 0 Å². The molecule has 0 saturated carbocycles. The predicted molar refractivity (Wildman–Crippen MR) is 95.9 cm³/mol. The third-order valence-electron chi connectivity index (χ3n) is 3.56. The number of amides is 3. The van der Waals surface area contributed by atoms with Crippen molar-refractivity contribution in [1.82, 2.24) is 16.0 Å². The van der Waals surface area contributed by atoms with Crippen molar-refractivity contribution in [2.45, 2.75) is 57.8 Å². The highest BCUT2D eigenvalue weighted by atomic mass is 16.4. The molecule has 0 aromatic carbocycles. The van der Waals surface area contributed by atoms with Crippen LogP contribution in [0.25, 0.3) is 0 Å². The summed E-state index contributed by atoms with van der Waals surface area (Å²) in [4.78, 5) is 57.5. The molecule has 4 unspecified atom stereocenters. The number of aliphatic carboxylic acids is 2. The van der Waals surface area contributed by atoms with E-state index in [1.807, 2.05) is 0 Å². The first-order valence-corrected chi connectivity index (χ1v) is 8.60. The molecule has 0 radical (unpaired) electrons. The summed E-state index contributed by atoms with van der Waals surface area (Å²) in [6.45, 7) is 4.16. The smallest absolute Gasteiger partial charge is 0.326 e. The third kappa shape index (κ3) is 9.83. The molecule has 3 amide bonds. The second kappa shape index (κ2) is 11.9. The van der Waals surface area contributed by atoms with E-state index in [-0.39, 0.29) is 12.3 Å². The molecule has 0 fully saturated rings. The fourth-order valence-corrected chi connectivity index (χ4v) is 2.16. The molecule has 0 aliphatic rings. The Hall–Kier alpha value is -2.73. The van der Waals surface area contributed by atoms with Gasteiger partial charge in [0, 0.05) is 0 Å². The molecule has 0 spiro atoms. The van der Waals surface area contributed by atoms with E-state index in [2.05, 4.69) is 16.0 Å². The number of aliphatic hydroxyl groups is 1. The lowest BCUT2D eigenvalue weighted by Crippen LogP contribution is -2.57. The Morgan fingerprint density at radius 2 is 1.54 bits per heavy atom. The molecular formula is C16H28N4O8.